The van der Waals surface area contributed by atoms with Gasteiger partial charge in [-0.15, -0.1) is 0 Å². The van der Waals surface area contributed by atoms with Gasteiger partial charge in [-0.25, -0.2) is 4.98 Å². The van der Waals surface area contributed by atoms with Crippen molar-refractivity contribution in [2.45, 2.75) is 91.5 Å². The molecule has 0 atom stereocenters. The first-order valence-corrected chi connectivity index (χ1v) is 10.6. The van der Waals surface area contributed by atoms with E-state index in [4.69, 9.17) is 4.42 Å². The first-order chi connectivity index (χ1) is 13.1. The summed E-state index contributed by atoms with van der Waals surface area (Å²) in [6.07, 6.45) is 13.1. The molecule has 0 radical (unpaired) electrons. The zero-order chi connectivity index (χ0) is 19.9. The molecule has 6 nitrogen and oxygen atoms in total. The van der Waals surface area contributed by atoms with E-state index in [2.05, 4.69) is 17.2 Å². The molecule has 0 aliphatic rings. The van der Waals surface area contributed by atoms with Gasteiger partial charge in [-0.3, -0.25) is 9.59 Å². The highest BCUT2D eigenvalue weighted by Crippen LogP contribution is 2.12. The summed E-state index contributed by atoms with van der Waals surface area (Å²) in [5.74, 6) is 0.272. The van der Waals surface area contributed by atoms with E-state index in [1.807, 2.05) is 13.8 Å². The molecule has 27 heavy (non-hydrogen) atoms. The van der Waals surface area contributed by atoms with Crippen molar-refractivity contribution in [2.24, 2.45) is 0 Å². The van der Waals surface area contributed by atoms with E-state index in [9.17, 15) is 9.59 Å². The third-order valence-corrected chi connectivity index (χ3v) is 4.68. The number of hydrogen-bond acceptors (Lipinski definition) is 4. The standard InChI is InChI=1S/C21H37N3O3/c1-4-7-8-9-10-11-12-13-14-15-20(25)24(6-3)16-19-23-18(17-27-19)21(26)22-5-2/h17H,4-16H2,1-3H3,(H,22,26). The predicted molar refractivity (Wildman–Crippen MR) is 107 cm³/mol. The van der Waals surface area contributed by atoms with Crippen LogP contribution in [0.5, 0.6) is 0 Å². The fourth-order valence-electron chi connectivity index (χ4n) is 3.02. The fourth-order valence-corrected chi connectivity index (χ4v) is 3.02. The summed E-state index contributed by atoms with van der Waals surface area (Å²) in [5.41, 5.74) is 0.259. The zero-order valence-corrected chi connectivity index (χ0v) is 17.4. The van der Waals surface area contributed by atoms with Gasteiger partial charge in [0.15, 0.2) is 5.69 Å². The van der Waals surface area contributed by atoms with Gasteiger partial charge in [-0.2, -0.15) is 0 Å². The van der Waals surface area contributed by atoms with Crippen molar-refractivity contribution in [1.82, 2.24) is 15.2 Å². The van der Waals surface area contributed by atoms with E-state index in [1.54, 1.807) is 4.90 Å². The quantitative estimate of drug-likeness (QED) is 0.448. The summed E-state index contributed by atoms with van der Waals surface area (Å²) < 4.78 is 5.35. The van der Waals surface area contributed by atoms with Gasteiger partial charge in [0, 0.05) is 19.5 Å². The van der Waals surface area contributed by atoms with Crippen LogP contribution in [0.25, 0.3) is 0 Å². The molecule has 0 aliphatic carbocycles. The first kappa shape index (κ1) is 23.2. The largest absolute Gasteiger partial charge is 0.446 e. The Balaban J connectivity index is 2.25. The van der Waals surface area contributed by atoms with Gasteiger partial charge >= 0.3 is 0 Å². The van der Waals surface area contributed by atoms with Gasteiger partial charge in [0.1, 0.15) is 6.26 Å². The summed E-state index contributed by atoms with van der Waals surface area (Å²) in [4.78, 5) is 30.1. The molecule has 0 saturated heterocycles. The van der Waals surface area contributed by atoms with Crippen LogP contribution >= 0.6 is 0 Å². The van der Waals surface area contributed by atoms with Gasteiger partial charge in [0.2, 0.25) is 11.8 Å². The van der Waals surface area contributed by atoms with Crippen LogP contribution in [-0.2, 0) is 11.3 Å². The third kappa shape index (κ3) is 9.59. The lowest BCUT2D eigenvalue weighted by atomic mass is 10.1. The van der Waals surface area contributed by atoms with Crippen LogP contribution in [0.15, 0.2) is 10.7 Å². The lowest BCUT2D eigenvalue weighted by Gasteiger charge is -2.19. The highest BCUT2D eigenvalue weighted by Gasteiger charge is 2.17. The minimum Gasteiger partial charge on any atom is -0.446 e. The summed E-state index contributed by atoms with van der Waals surface area (Å²) in [5, 5.41) is 2.68. The molecule has 0 bridgehead atoms. The van der Waals surface area contributed by atoms with Crippen molar-refractivity contribution >= 4 is 11.8 Å². The molecular weight excluding hydrogens is 342 g/mol. The number of nitrogens with zero attached hydrogens (tertiary/aromatic N) is 2. The molecule has 2 amide bonds. The molecule has 6 heteroatoms. The lowest BCUT2D eigenvalue weighted by molar-refractivity contribution is -0.132. The highest BCUT2D eigenvalue weighted by atomic mass is 16.3. The molecule has 1 N–H and O–H groups in total. The topological polar surface area (TPSA) is 75.4 Å². The summed E-state index contributed by atoms with van der Waals surface area (Å²) in [7, 11) is 0. The van der Waals surface area contributed by atoms with E-state index in [-0.39, 0.29) is 17.5 Å². The molecule has 154 valence electrons. The average Bonchev–Trinajstić information content (AvgIpc) is 3.13. The number of carbonyl (C=O) groups is 2. The molecule has 1 heterocycles. The Morgan fingerprint density at radius 3 is 2.22 bits per heavy atom. The van der Waals surface area contributed by atoms with Gasteiger partial charge in [-0.1, -0.05) is 58.3 Å². The summed E-state index contributed by atoms with van der Waals surface area (Å²) >= 11 is 0. The number of aromatic nitrogens is 1. The molecule has 0 unspecified atom stereocenters. The van der Waals surface area contributed by atoms with E-state index in [0.717, 1.165) is 12.8 Å². The molecule has 1 aromatic rings. The van der Waals surface area contributed by atoms with Crippen molar-refractivity contribution in [3.8, 4) is 0 Å². The van der Waals surface area contributed by atoms with E-state index in [1.165, 1.54) is 51.2 Å². The van der Waals surface area contributed by atoms with Crippen molar-refractivity contribution in [2.75, 3.05) is 13.1 Å². The second-order valence-corrected chi connectivity index (χ2v) is 6.97. The maximum atomic E-state index is 12.4. The van der Waals surface area contributed by atoms with Crippen LogP contribution < -0.4 is 5.32 Å². The predicted octanol–water partition coefficient (Wildman–Crippen LogP) is 4.69. The minimum absolute atomic E-state index is 0.123. The van der Waals surface area contributed by atoms with Gasteiger partial charge in [0.05, 0.1) is 6.54 Å². The van der Waals surface area contributed by atoms with Gasteiger partial charge in [-0.05, 0) is 20.3 Å². The molecule has 1 rings (SSSR count). The molecule has 0 aliphatic heterocycles. The Hall–Kier alpha value is -1.85. The van der Waals surface area contributed by atoms with E-state index < -0.39 is 0 Å². The Kier molecular flexibility index (Phi) is 12.2. The molecule has 0 spiro atoms. The summed E-state index contributed by atoms with van der Waals surface area (Å²) in [6.45, 7) is 7.49. The zero-order valence-electron chi connectivity index (χ0n) is 17.4. The van der Waals surface area contributed by atoms with Crippen LogP contribution in [0.1, 0.15) is 101 Å². The number of amides is 2. The Labute approximate surface area is 164 Å². The third-order valence-electron chi connectivity index (χ3n) is 4.68. The molecular formula is C21H37N3O3. The van der Waals surface area contributed by atoms with Gasteiger partial charge in [0.25, 0.3) is 5.91 Å². The second kappa shape index (κ2) is 14.2. The molecule has 0 saturated carbocycles. The smallest absolute Gasteiger partial charge is 0.273 e. The maximum absolute atomic E-state index is 12.4. The average molecular weight is 380 g/mol. The Morgan fingerprint density at radius 1 is 1.00 bits per heavy atom. The molecule has 0 aromatic carbocycles. The molecule has 1 aromatic heterocycles. The first-order valence-electron chi connectivity index (χ1n) is 10.6. The monoisotopic (exact) mass is 379 g/mol. The number of unbranched alkanes of at least 4 members (excludes halogenated alkanes) is 8. The Bertz CT molecular complexity index is 543. The number of carbonyl (C=O) groups excluding carboxylic acids is 2. The number of oxazole rings is 1. The van der Waals surface area contributed by atoms with Crippen LogP contribution in [0.4, 0.5) is 0 Å². The van der Waals surface area contributed by atoms with Crippen molar-refractivity contribution in [3.05, 3.63) is 17.8 Å². The van der Waals surface area contributed by atoms with E-state index >= 15 is 0 Å². The lowest BCUT2D eigenvalue weighted by Crippen LogP contribution is -2.30. The van der Waals surface area contributed by atoms with Crippen LogP contribution in [0.2, 0.25) is 0 Å². The van der Waals surface area contributed by atoms with Crippen molar-refractivity contribution in [3.63, 3.8) is 0 Å². The molecule has 0 fully saturated rings. The second-order valence-electron chi connectivity index (χ2n) is 6.97. The van der Waals surface area contributed by atoms with Gasteiger partial charge < -0.3 is 14.6 Å². The van der Waals surface area contributed by atoms with E-state index in [0.29, 0.717) is 31.9 Å². The van der Waals surface area contributed by atoms with Crippen molar-refractivity contribution in [1.29, 1.82) is 0 Å². The number of rotatable bonds is 15. The van der Waals surface area contributed by atoms with Crippen LogP contribution in [0.3, 0.4) is 0 Å². The van der Waals surface area contributed by atoms with Crippen molar-refractivity contribution < 1.29 is 14.0 Å². The van der Waals surface area contributed by atoms with Crippen LogP contribution in [-0.4, -0.2) is 34.8 Å². The fraction of sp³-hybridized carbons (Fsp3) is 0.762. The summed E-state index contributed by atoms with van der Waals surface area (Å²) in [6, 6.07) is 0. The SMILES string of the molecule is CCCCCCCCCCCC(=O)N(CC)Cc1nc(C(=O)NCC)co1. The Morgan fingerprint density at radius 2 is 1.63 bits per heavy atom. The highest BCUT2D eigenvalue weighted by molar-refractivity contribution is 5.91. The minimum atomic E-state index is -0.253. The normalized spacial score (nSPS) is 10.8. The van der Waals surface area contributed by atoms with Crippen LogP contribution in [0, 0.1) is 0 Å². The maximum Gasteiger partial charge on any atom is 0.273 e. The number of nitrogens with one attached hydrogen (secondary N) is 1. The number of hydrogen-bond donors (Lipinski definition) is 1.